The van der Waals surface area contributed by atoms with Gasteiger partial charge in [0, 0.05) is 30.9 Å². The van der Waals surface area contributed by atoms with Crippen LogP contribution in [0.5, 0.6) is 0 Å². The van der Waals surface area contributed by atoms with Crippen molar-refractivity contribution in [3.8, 4) is 0 Å². The maximum atomic E-state index is 6.00. The Morgan fingerprint density at radius 1 is 1.24 bits per heavy atom. The highest BCUT2D eigenvalue weighted by atomic mass is 16.5. The summed E-state index contributed by atoms with van der Waals surface area (Å²) in [5.74, 6) is 1.19. The van der Waals surface area contributed by atoms with Crippen LogP contribution in [0.25, 0.3) is 0 Å². The van der Waals surface area contributed by atoms with Gasteiger partial charge in [0.1, 0.15) is 5.82 Å². The van der Waals surface area contributed by atoms with Crippen molar-refractivity contribution < 1.29 is 4.74 Å². The maximum absolute atomic E-state index is 6.00. The molecular weight excluding hydrogens is 262 g/mol. The monoisotopic (exact) mass is 287 g/mol. The number of anilines is 1. The van der Waals surface area contributed by atoms with Crippen LogP contribution in [0.2, 0.25) is 0 Å². The molecule has 1 N–H and O–H groups in total. The number of fused-ring (bicyclic) bond motifs is 1. The Kier molecular flexibility index (Phi) is 3.82. The van der Waals surface area contributed by atoms with Gasteiger partial charge in [-0.3, -0.25) is 0 Å². The lowest BCUT2D eigenvalue weighted by Crippen LogP contribution is -2.53. The van der Waals surface area contributed by atoms with Crippen LogP contribution in [0.4, 0.5) is 5.82 Å². The second kappa shape index (κ2) is 5.93. The minimum absolute atomic E-state index is 0.416. The zero-order valence-corrected chi connectivity index (χ0v) is 12.6. The summed E-state index contributed by atoms with van der Waals surface area (Å²) in [6.07, 6.45) is 10.1. The van der Waals surface area contributed by atoms with Crippen LogP contribution >= 0.6 is 0 Å². The Morgan fingerprint density at radius 3 is 3.05 bits per heavy atom. The normalized spacial score (nSPS) is 29.2. The van der Waals surface area contributed by atoms with Crippen molar-refractivity contribution >= 4 is 5.82 Å². The molecular formula is C17H25N3O. The molecule has 2 saturated carbocycles. The van der Waals surface area contributed by atoms with Gasteiger partial charge in [0.15, 0.2) is 0 Å². The molecule has 3 aliphatic rings. The molecule has 4 heteroatoms. The fourth-order valence-electron chi connectivity index (χ4n) is 3.73. The molecule has 2 aliphatic carbocycles. The summed E-state index contributed by atoms with van der Waals surface area (Å²) in [6.45, 7) is 2.77. The average Bonchev–Trinajstić information content (AvgIpc) is 3.37. The Balaban J connectivity index is 1.55. The highest BCUT2D eigenvalue weighted by Crippen LogP contribution is 2.32. The highest BCUT2D eigenvalue weighted by molar-refractivity contribution is 5.48. The number of hydrogen-bond acceptors (Lipinski definition) is 4. The van der Waals surface area contributed by atoms with Crippen LogP contribution in [-0.2, 0) is 11.3 Å². The molecule has 21 heavy (non-hydrogen) atoms. The first kappa shape index (κ1) is 13.5. The average molecular weight is 287 g/mol. The van der Waals surface area contributed by atoms with Crippen molar-refractivity contribution in [3.63, 3.8) is 0 Å². The largest absolute Gasteiger partial charge is 0.374 e. The van der Waals surface area contributed by atoms with Gasteiger partial charge in [-0.15, -0.1) is 0 Å². The molecule has 1 aromatic heterocycles. The van der Waals surface area contributed by atoms with E-state index in [1.54, 1.807) is 0 Å². The highest BCUT2D eigenvalue weighted by Gasteiger charge is 2.35. The predicted octanol–water partition coefficient (Wildman–Crippen LogP) is 2.48. The van der Waals surface area contributed by atoms with E-state index in [2.05, 4.69) is 22.3 Å². The van der Waals surface area contributed by atoms with Crippen molar-refractivity contribution in [3.05, 3.63) is 23.9 Å². The van der Waals surface area contributed by atoms with Gasteiger partial charge in [-0.05, 0) is 31.7 Å². The number of hydrogen-bond donors (Lipinski definition) is 1. The lowest BCUT2D eigenvalue weighted by molar-refractivity contribution is -0.00905. The fraction of sp³-hybridized carbons (Fsp3) is 0.706. The molecule has 1 aliphatic heterocycles. The molecule has 0 aromatic carbocycles. The third-order valence-corrected chi connectivity index (χ3v) is 5.03. The Labute approximate surface area is 126 Å². The molecule has 2 heterocycles. The minimum Gasteiger partial charge on any atom is -0.374 e. The van der Waals surface area contributed by atoms with E-state index in [0.29, 0.717) is 12.1 Å². The van der Waals surface area contributed by atoms with Crippen molar-refractivity contribution in [2.75, 3.05) is 18.1 Å². The summed E-state index contributed by atoms with van der Waals surface area (Å²) in [7, 11) is 0. The number of nitrogens with one attached hydrogen (secondary N) is 1. The van der Waals surface area contributed by atoms with Gasteiger partial charge >= 0.3 is 0 Å². The SMILES string of the molecule is c1cnc(N2CCOC3CCCCC32)c(CNC2CC2)c1. The molecule has 3 fully saturated rings. The van der Waals surface area contributed by atoms with E-state index in [-0.39, 0.29) is 0 Å². The third-order valence-electron chi connectivity index (χ3n) is 5.03. The maximum Gasteiger partial charge on any atom is 0.133 e. The quantitative estimate of drug-likeness (QED) is 0.923. The number of morpholine rings is 1. The smallest absolute Gasteiger partial charge is 0.133 e. The number of rotatable bonds is 4. The standard InChI is InChI=1S/C17H25N3O/c1-2-6-16-15(5-1)20(10-11-21-16)17-13(4-3-9-18-17)12-19-14-7-8-14/h3-4,9,14-16,19H,1-2,5-8,10-12H2. The number of pyridine rings is 1. The number of aromatic nitrogens is 1. The van der Waals surface area contributed by atoms with Gasteiger partial charge in [-0.2, -0.15) is 0 Å². The lowest BCUT2D eigenvalue weighted by Gasteiger charge is -2.45. The fourth-order valence-corrected chi connectivity index (χ4v) is 3.73. The van der Waals surface area contributed by atoms with E-state index in [9.17, 15) is 0 Å². The molecule has 0 spiro atoms. The predicted molar refractivity (Wildman–Crippen MR) is 83.4 cm³/mol. The van der Waals surface area contributed by atoms with Crippen molar-refractivity contribution in [1.29, 1.82) is 0 Å². The van der Waals surface area contributed by atoms with Crippen LogP contribution in [0.15, 0.2) is 18.3 Å². The molecule has 2 atom stereocenters. The Hall–Kier alpha value is -1.13. The first-order valence-corrected chi connectivity index (χ1v) is 8.47. The van der Waals surface area contributed by atoms with Crippen LogP contribution in [0, 0.1) is 0 Å². The van der Waals surface area contributed by atoms with Gasteiger partial charge in [0.05, 0.1) is 18.8 Å². The summed E-state index contributed by atoms with van der Waals surface area (Å²) in [5.41, 5.74) is 1.34. The Morgan fingerprint density at radius 2 is 2.14 bits per heavy atom. The lowest BCUT2D eigenvalue weighted by atomic mass is 9.90. The zero-order chi connectivity index (χ0) is 14.1. The van der Waals surface area contributed by atoms with Gasteiger partial charge in [0.25, 0.3) is 0 Å². The van der Waals surface area contributed by atoms with E-state index < -0.39 is 0 Å². The van der Waals surface area contributed by atoms with Gasteiger partial charge in [0.2, 0.25) is 0 Å². The van der Waals surface area contributed by atoms with Gasteiger partial charge in [-0.25, -0.2) is 4.98 Å². The molecule has 1 aromatic rings. The topological polar surface area (TPSA) is 37.4 Å². The van der Waals surface area contributed by atoms with E-state index >= 15 is 0 Å². The molecule has 0 amide bonds. The molecule has 4 rings (SSSR count). The van der Waals surface area contributed by atoms with Crippen LogP contribution in [0.1, 0.15) is 44.1 Å². The summed E-state index contributed by atoms with van der Waals surface area (Å²) < 4.78 is 6.00. The van der Waals surface area contributed by atoms with E-state index in [0.717, 1.165) is 25.7 Å². The minimum atomic E-state index is 0.416. The van der Waals surface area contributed by atoms with Crippen molar-refractivity contribution in [2.24, 2.45) is 0 Å². The summed E-state index contributed by atoms with van der Waals surface area (Å²) in [5, 5.41) is 3.63. The number of ether oxygens (including phenoxy) is 1. The van der Waals surface area contributed by atoms with Crippen LogP contribution in [0.3, 0.4) is 0 Å². The molecule has 0 bridgehead atoms. The molecule has 4 nitrogen and oxygen atoms in total. The second-order valence-electron chi connectivity index (χ2n) is 6.60. The van der Waals surface area contributed by atoms with Crippen LogP contribution < -0.4 is 10.2 Å². The van der Waals surface area contributed by atoms with Crippen LogP contribution in [-0.4, -0.2) is 36.3 Å². The Bertz CT molecular complexity index is 487. The summed E-state index contributed by atoms with van der Waals surface area (Å²) in [4.78, 5) is 7.25. The molecule has 114 valence electrons. The molecule has 2 unspecified atom stereocenters. The summed E-state index contributed by atoms with van der Waals surface area (Å²) in [6, 6.07) is 5.56. The third kappa shape index (κ3) is 2.92. The first-order valence-electron chi connectivity index (χ1n) is 8.47. The van der Waals surface area contributed by atoms with Gasteiger partial charge in [-0.1, -0.05) is 18.9 Å². The van der Waals surface area contributed by atoms with Crippen molar-refractivity contribution in [2.45, 2.75) is 63.3 Å². The van der Waals surface area contributed by atoms with E-state index in [1.807, 2.05) is 6.20 Å². The summed E-state index contributed by atoms with van der Waals surface area (Å²) >= 11 is 0. The first-order chi connectivity index (χ1) is 10.4. The molecule has 1 saturated heterocycles. The van der Waals surface area contributed by atoms with E-state index in [1.165, 1.54) is 49.9 Å². The van der Waals surface area contributed by atoms with Crippen molar-refractivity contribution in [1.82, 2.24) is 10.3 Å². The van der Waals surface area contributed by atoms with E-state index in [4.69, 9.17) is 9.72 Å². The van der Waals surface area contributed by atoms with Gasteiger partial charge < -0.3 is 15.0 Å². The number of nitrogens with zero attached hydrogens (tertiary/aromatic N) is 2. The molecule has 0 radical (unpaired) electrons. The second-order valence-corrected chi connectivity index (χ2v) is 6.60. The zero-order valence-electron chi connectivity index (χ0n) is 12.6.